The Morgan fingerprint density at radius 1 is 0.488 bits per heavy atom. The van der Waals surface area contributed by atoms with Crippen molar-refractivity contribution in [2.75, 3.05) is 67.5 Å². The van der Waals surface area contributed by atoms with Gasteiger partial charge in [0, 0.05) is 84.3 Å². The van der Waals surface area contributed by atoms with E-state index in [9.17, 15) is 19.5 Å². The first-order chi connectivity index (χ1) is 41.8. The number of aliphatic hydroxyl groups excluding tert-OH is 1. The number of aliphatic hydroxyl groups is 1. The van der Waals surface area contributed by atoms with Gasteiger partial charge >= 0.3 is 0 Å². The predicted octanol–water partition coefficient (Wildman–Crippen LogP) is 10.3. The molecule has 3 amide bonds. The average Bonchev–Trinajstić information content (AvgIpc) is 3.56. The van der Waals surface area contributed by atoms with Crippen LogP contribution in [0.2, 0.25) is 0 Å². The van der Waals surface area contributed by atoms with Crippen LogP contribution in [0, 0.1) is 0 Å². The first kappa shape index (κ1) is 55.1. The summed E-state index contributed by atoms with van der Waals surface area (Å²) in [5.74, 6) is 2.48. The van der Waals surface area contributed by atoms with Gasteiger partial charge in [-0.05, 0) is 147 Å². The van der Waals surface area contributed by atoms with E-state index in [1.54, 1.807) is 17.0 Å². The Morgan fingerprint density at radius 2 is 0.849 bits per heavy atom. The third-order valence-electron chi connectivity index (χ3n) is 15.9. The van der Waals surface area contributed by atoms with E-state index in [2.05, 4.69) is 89.3 Å². The predicted molar refractivity (Wildman–Crippen MR) is 338 cm³/mol. The molecule has 0 radical (unpaired) electrons. The summed E-state index contributed by atoms with van der Waals surface area (Å²) < 4.78 is 0. The van der Waals surface area contributed by atoms with Crippen molar-refractivity contribution in [2.24, 2.45) is 0 Å². The molecule has 12 aromatic rings. The number of nitrogens with one attached hydrogen (secondary N) is 7. The fourth-order valence-corrected chi connectivity index (χ4v) is 11.0. The molecule has 1 saturated heterocycles. The van der Waals surface area contributed by atoms with Gasteiger partial charge in [-0.15, -0.1) is 0 Å². The molecule has 18 nitrogen and oxygen atoms in total. The second kappa shape index (κ2) is 23.5. The highest BCUT2D eigenvalue weighted by Crippen LogP contribution is 2.33. The Morgan fingerprint density at radius 3 is 1.26 bits per heavy atom. The maximum atomic E-state index is 13.8. The molecule has 13 rings (SSSR count). The third-order valence-corrected chi connectivity index (χ3v) is 15.9. The Hall–Kier alpha value is -10.1. The van der Waals surface area contributed by atoms with Gasteiger partial charge in [-0.1, -0.05) is 84.9 Å². The minimum absolute atomic E-state index is 0.0895. The van der Waals surface area contributed by atoms with Crippen molar-refractivity contribution in [3.05, 3.63) is 192 Å². The summed E-state index contributed by atoms with van der Waals surface area (Å²) in [7, 11) is 7.95. The number of hydrogen-bond acceptors (Lipinski definition) is 11. The van der Waals surface area contributed by atoms with Gasteiger partial charge in [0.2, 0.25) is 0 Å². The number of aromatic amines is 4. The van der Waals surface area contributed by atoms with Crippen LogP contribution >= 0.6 is 0 Å². The van der Waals surface area contributed by atoms with Gasteiger partial charge < -0.3 is 50.4 Å². The average molecular weight is 1140 g/mol. The number of nitrogens with zero attached hydrogens (tertiary/aromatic N) is 7. The molecule has 1 fully saturated rings. The number of aromatic nitrogens is 8. The fourth-order valence-electron chi connectivity index (χ4n) is 11.0. The summed E-state index contributed by atoms with van der Waals surface area (Å²) >= 11 is 0. The van der Waals surface area contributed by atoms with Crippen LogP contribution in [0.4, 0.5) is 0 Å². The zero-order valence-corrected chi connectivity index (χ0v) is 48.1. The molecular formula is C68H64N14O4. The lowest BCUT2D eigenvalue weighted by molar-refractivity contribution is 0.0783. The third kappa shape index (κ3) is 11.7. The smallest absolute Gasteiger partial charge is 0.253 e. The van der Waals surface area contributed by atoms with Crippen molar-refractivity contribution < 1.29 is 19.5 Å². The lowest BCUT2D eigenvalue weighted by Crippen LogP contribution is -2.38. The van der Waals surface area contributed by atoms with E-state index >= 15 is 0 Å². The Kier molecular flexibility index (Phi) is 15.1. The first-order valence-electron chi connectivity index (χ1n) is 28.8. The lowest BCUT2D eigenvalue weighted by Gasteiger charge is -2.17. The zero-order chi connectivity index (χ0) is 59.0. The second-order valence-corrected chi connectivity index (χ2v) is 22.6. The summed E-state index contributed by atoms with van der Waals surface area (Å²) in [5.41, 5.74) is 17.0. The Labute approximate surface area is 495 Å². The van der Waals surface area contributed by atoms with Crippen molar-refractivity contribution in [1.82, 2.24) is 70.5 Å². The molecule has 0 spiro atoms. The van der Waals surface area contributed by atoms with E-state index in [0.717, 1.165) is 119 Å². The number of fused-ring (bicyclic) bond motifs is 4. The number of carbonyl (C=O) groups is 3. The van der Waals surface area contributed by atoms with Crippen LogP contribution in [0.3, 0.4) is 0 Å². The summed E-state index contributed by atoms with van der Waals surface area (Å²) in [6.45, 7) is 3.80. The van der Waals surface area contributed by atoms with E-state index in [1.165, 1.54) is 0 Å². The number of likely N-dealkylation sites (tertiary alicyclic amines) is 1. The van der Waals surface area contributed by atoms with E-state index in [4.69, 9.17) is 19.9 Å². The van der Waals surface area contributed by atoms with Crippen molar-refractivity contribution in [3.8, 4) is 67.8 Å². The molecule has 5 heterocycles. The van der Waals surface area contributed by atoms with Crippen LogP contribution in [0.25, 0.3) is 112 Å². The second-order valence-electron chi connectivity index (χ2n) is 22.6. The maximum Gasteiger partial charge on any atom is 0.253 e. The van der Waals surface area contributed by atoms with Crippen molar-refractivity contribution in [3.63, 3.8) is 0 Å². The minimum Gasteiger partial charge on any atom is -0.374 e. The molecule has 86 heavy (non-hydrogen) atoms. The number of H-pyrrole nitrogens is 4. The largest absolute Gasteiger partial charge is 0.374 e. The van der Waals surface area contributed by atoms with Crippen LogP contribution in [0.1, 0.15) is 49.3 Å². The van der Waals surface area contributed by atoms with Crippen molar-refractivity contribution in [1.29, 1.82) is 0 Å². The maximum absolute atomic E-state index is 13.8. The highest BCUT2D eigenvalue weighted by molar-refractivity contribution is 5.98. The lowest BCUT2D eigenvalue weighted by atomic mass is 10.0. The number of carbonyl (C=O) groups excluding carboxylic acids is 3. The van der Waals surface area contributed by atoms with Crippen molar-refractivity contribution >= 4 is 61.9 Å². The quantitative estimate of drug-likeness (QED) is 0.0377. The summed E-state index contributed by atoms with van der Waals surface area (Å²) in [5, 5.41) is 19.8. The zero-order valence-electron chi connectivity index (χ0n) is 48.1. The molecule has 1 aliphatic heterocycles. The Bertz CT molecular complexity index is 4470. The molecular weight excluding hydrogens is 1080 g/mol. The number of imidazole rings is 4. The van der Waals surface area contributed by atoms with Gasteiger partial charge in [0.25, 0.3) is 17.7 Å². The summed E-state index contributed by atoms with van der Waals surface area (Å²) in [4.78, 5) is 79.1. The summed E-state index contributed by atoms with van der Waals surface area (Å²) in [6.07, 6.45) is -0.0961. The Balaban J connectivity index is 0.600. The van der Waals surface area contributed by atoms with E-state index < -0.39 is 6.23 Å². The molecule has 8 aromatic carbocycles. The van der Waals surface area contributed by atoms with E-state index in [0.29, 0.717) is 60.9 Å². The van der Waals surface area contributed by atoms with Gasteiger partial charge in [0.05, 0.1) is 44.1 Å². The minimum atomic E-state index is -0.744. The van der Waals surface area contributed by atoms with Gasteiger partial charge in [0.1, 0.15) is 29.5 Å². The van der Waals surface area contributed by atoms with Crippen LogP contribution in [-0.2, 0) is 0 Å². The molecule has 430 valence electrons. The standard InChI is InChI=1S/C68H64N14O4/c1-80(2)33-30-69-65(83)44-13-5-40(6-14-44)61-72-53-25-21-48(35-57(53)76-61)50-23-27-55-59(37-50)78-63(74-55)42-9-17-46(18-10-42)67(85)71-52-29-32-82(39-52)68(86)47-19-11-43(12-20-47)64-75-56-28-24-51(38-60(56)79-64)49-22-26-54-58(36-49)77-62(73-54)41-7-15-45(16-8-41)66(84)70-31-34-81(3)4/h5-28,35-38,52,65,69,83H,29-34,39H2,1-4H3,(H,70,84)(H,71,85)(H,72,76)(H,73,77)(H,74,78)(H,75,79)/t52-,65?/m0/s1. The summed E-state index contributed by atoms with van der Waals surface area (Å²) in [6, 6.07) is 54.6. The molecule has 0 aliphatic carbocycles. The van der Waals surface area contributed by atoms with Crippen LogP contribution < -0.4 is 16.0 Å². The molecule has 2 atom stereocenters. The van der Waals surface area contributed by atoms with E-state index in [-0.39, 0.29) is 23.8 Å². The molecule has 1 unspecified atom stereocenters. The fraction of sp³-hybridized carbons (Fsp3) is 0.191. The van der Waals surface area contributed by atoms with Gasteiger partial charge in [-0.3, -0.25) is 19.7 Å². The molecule has 0 saturated carbocycles. The highest BCUT2D eigenvalue weighted by atomic mass is 16.3. The van der Waals surface area contributed by atoms with Gasteiger partial charge in [0.15, 0.2) is 0 Å². The normalized spacial score (nSPS) is 13.9. The number of hydrogen-bond donors (Lipinski definition) is 8. The molecule has 4 aromatic heterocycles. The topological polar surface area (TPSA) is 232 Å². The molecule has 8 N–H and O–H groups in total. The number of benzene rings is 8. The number of amides is 3. The monoisotopic (exact) mass is 1140 g/mol. The highest BCUT2D eigenvalue weighted by Gasteiger charge is 2.29. The van der Waals surface area contributed by atoms with Crippen LogP contribution in [0.15, 0.2) is 170 Å². The van der Waals surface area contributed by atoms with Crippen LogP contribution in [-0.4, -0.2) is 151 Å². The SMILES string of the molecule is CN(C)CCNC(=O)c1ccc(-c2nc3ccc(-c4ccc5nc(-c6ccc(C(=O)N7CC[C@H](NC(=O)c8ccc(-c9nc%10ccc(-c%11ccc%12nc(-c%13ccc(C(O)NCCN(C)C)cc%13)[nH]c%12c%11)cc%10[nH]9)cc8)C7)cc6)[nH]c5c4)cc3[nH]2)cc1. The van der Waals surface area contributed by atoms with Crippen LogP contribution in [0.5, 0.6) is 0 Å². The van der Waals surface area contributed by atoms with E-state index in [1.807, 2.05) is 142 Å². The van der Waals surface area contributed by atoms with Gasteiger partial charge in [-0.2, -0.15) is 0 Å². The number of likely N-dealkylation sites (N-methyl/N-ethyl adjacent to an activating group) is 2. The molecule has 1 aliphatic rings. The molecule has 18 heteroatoms. The number of rotatable bonds is 18. The van der Waals surface area contributed by atoms with Gasteiger partial charge in [-0.25, -0.2) is 19.9 Å². The first-order valence-corrected chi connectivity index (χ1v) is 28.8. The molecule has 0 bridgehead atoms. The van der Waals surface area contributed by atoms with Crippen molar-refractivity contribution in [2.45, 2.75) is 18.7 Å².